The highest BCUT2D eigenvalue weighted by atomic mass is 127. The molecule has 0 aromatic rings. The summed E-state index contributed by atoms with van der Waals surface area (Å²) in [5.74, 6) is 0.826. The third-order valence-corrected chi connectivity index (χ3v) is 4.64. The molecule has 0 aromatic carbocycles. The van der Waals surface area contributed by atoms with Gasteiger partial charge in [-0.25, -0.2) is 0 Å². The predicted octanol–water partition coefficient (Wildman–Crippen LogP) is 2.99. The van der Waals surface area contributed by atoms with Crippen molar-refractivity contribution in [2.75, 3.05) is 19.7 Å². The van der Waals surface area contributed by atoms with Crippen LogP contribution in [0.5, 0.6) is 0 Å². The standard InChI is InChI=1S/C18H33N3O3.HI/c1-3-19-18(21-15-13-14-10-11-16(15)24-14)20-12-8-6-5-7-9-17(22)23-4-2;/h14-16H,3-13H2,1-2H3,(H2,19,20,21);1H. The second-order valence-electron chi connectivity index (χ2n) is 6.59. The van der Waals surface area contributed by atoms with Gasteiger partial charge >= 0.3 is 5.97 Å². The van der Waals surface area contributed by atoms with Crippen LogP contribution in [0.1, 0.15) is 65.2 Å². The molecule has 146 valence electrons. The molecule has 25 heavy (non-hydrogen) atoms. The molecule has 3 unspecified atom stereocenters. The molecule has 2 saturated heterocycles. The predicted molar refractivity (Wildman–Crippen MR) is 111 cm³/mol. The first-order valence-electron chi connectivity index (χ1n) is 9.58. The molecule has 2 aliphatic rings. The van der Waals surface area contributed by atoms with Crippen molar-refractivity contribution in [1.82, 2.24) is 10.6 Å². The van der Waals surface area contributed by atoms with Gasteiger partial charge in [0.25, 0.3) is 0 Å². The van der Waals surface area contributed by atoms with Crippen molar-refractivity contribution >= 4 is 35.9 Å². The fourth-order valence-corrected chi connectivity index (χ4v) is 3.44. The minimum Gasteiger partial charge on any atom is -0.466 e. The van der Waals surface area contributed by atoms with E-state index in [4.69, 9.17) is 9.47 Å². The lowest BCUT2D eigenvalue weighted by Crippen LogP contribution is -2.47. The molecule has 0 spiro atoms. The van der Waals surface area contributed by atoms with Crippen LogP contribution < -0.4 is 10.6 Å². The van der Waals surface area contributed by atoms with Gasteiger partial charge in [0.05, 0.1) is 24.9 Å². The van der Waals surface area contributed by atoms with E-state index in [0.29, 0.717) is 31.3 Å². The summed E-state index contributed by atoms with van der Waals surface area (Å²) in [6.07, 6.45) is 8.93. The van der Waals surface area contributed by atoms with Crippen LogP contribution in [0.15, 0.2) is 4.99 Å². The Bertz CT molecular complexity index is 420. The van der Waals surface area contributed by atoms with Crippen molar-refractivity contribution < 1.29 is 14.3 Å². The number of hydrogen-bond acceptors (Lipinski definition) is 4. The van der Waals surface area contributed by atoms with E-state index in [0.717, 1.165) is 51.2 Å². The van der Waals surface area contributed by atoms with Crippen LogP contribution in [0.3, 0.4) is 0 Å². The van der Waals surface area contributed by atoms with Gasteiger partial charge in [-0.15, -0.1) is 24.0 Å². The topological polar surface area (TPSA) is 72.0 Å². The fourth-order valence-electron chi connectivity index (χ4n) is 3.44. The van der Waals surface area contributed by atoms with Crippen molar-refractivity contribution in [3.63, 3.8) is 0 Å². The number of nitrogens with one attached hydrogen (secondary N) is 2. The summed E-state index contributed by atoms with van der Waals surface area (Å²) in [6, 6.07) is 0.408. The molecule has 2 rings (SSSR count). The molecular formula is C18H34IN3O3. The molecule has 0 amide bonds. The molecule has 0 saturated carbocycles. The molecule has 0 aromatic heterocycles. The van der Waals surface area contributed by atoms with E-state index in [2.05, 4.69) is 22.5 Å². The number of guanidine groups is 1. The van der Waals surface area contributed by atoms with Crippen molar-refractivity contribution in [2.24, 2.45) is 4.99 Å². The summed E-state index contributed by atoms with van der Waals surface area (Å²) in [5, 5.41) is 6.85. The zero-order valence-electron chi connectivity index (χ0n) is 15.6. The smallest absolute Gasteiger partial charge is 0.305 e. The third kappa shape index (κ3) is 8.11. The van der Waals surface area contributed by atoms with Gasteiger partial charge in [0.1, 0.15) is 0 Å². The lowest BCUT2D eigenvalue weighted by atomic mass is 9.96. The summed E-state index contributed by atoms with van der Waals surface area (Å²) in [5.41, 5.74) is 0. The van der Waals surface area contributed by atoms with E-state index in [1.54, 1.807) is 0 Å². The molecule has 0 aliphatic carbocycles. The van der Waals surface area contributed by atoms with Crippen molar-refractivity contribution in [3.05, 3.63) is 0 Å². The van der Waals surface area contributed by atoms with Gasteiger partial charge in [-0.3, -0.25) is 9.79 Å². The molecule has 2 N–H and O–H groups in total. The minimum atomic E-state index is -0.0813. The number of esters is 1. The maximum absolute atomic E-state index is 11.2. The monoisotopic (exact) mass is 467 g/mol. The molecule has 3 atom stereocenters. The molecule has 2 bridgehead atoms. The van der Waals surface area contributed by atoms with E-state index in [1.165, 1.54) is 12.8 Å². The van der Waals surface area contributed by atoms with Crippen molar-refractivity contribution in [3.8, 4) is 0 Å². The second kappa shape index (κ2) is 12.7. The zero-order chi connectivity index (χ0) is 17.2. The normalized spacial score (nSPS) is 24.7. The number of ether oxygens (including phenoxy) is 2. The van der Waals surface area contributed by atoms with Gasteiger partial charge in [0, 0.05) is 19.5 Å². The Morgan fingerprint density at radius 1 is 1.20 bits per heavy atom. The van der Waals surface area contributed by atoms with E-state index in [-0.39, 0.29) is 29.9 Å². The van der Waals surface area contributed by atoms with Crippen LogP contribution in [0, 0.1) is 0 Å². The molecule has 2 fully saturated rings. The number of aliphatic imine (C=N–C) groups is 1. The Morgan fingerprint density at radius 3 is 2.64 bits per heavy atom. The highest BCUT2D eigenvalue weighted by Gasteiger charge is 2.41. The molecule has 0 radical (unpaired) electrons. The molecule has 2 heterocycles. The van der Waals surface area contributed by atoms with Crippen molar-refractivity contribution in [1.29, 1.82) is 0 Å². The van der Waals surface area contributed by atoms with Gasteiger partial charge in [-0.05, 0) is 46.0 Å². The quantitative estimate of drug-likeness (QED) is 0.170. The van der Waals surface area contributed by atoms with Gasteiger partial charge in [0.15, 0.2) is 5.96 Å². The Morgan fingerprint density at radius 2 is 2.00 bits per heavy atom. The fraction of sp³-hybridized carbons (Fsp3) is 0.889. The van der Waals surface area contributed by atoms with Crippen molar-refractivity contribution in [2.45, 2.75) is 83.5 Å². The number of rotatable bonds is 10. The minimum absolute atomic E-state index is 0. The van der Waals surface area contributed by atoms with E-state index >= 15 is 0 Å². The third-order valence-electron chi connectivity index (χ3n) is 4.64. The Balaban J connectivity index is 0.00000312. The number of carbonyl (C=O) groups is 1. The first-order chi connectivity index (χ1) is 11.7. The lowest BCUT2D eigenvalue weighted by molar-refractivity contribution is -0.143. The van der Waals surface area contributed by atoms with Gasteiger partial charge in [0.2, 0.25) is 0 Å². The maximum atomic E-state index is 11.2. The number of halogens is 1. The van der Waals surface area contributed by atoms with E-state index in [9.17, 15) is 4.79 Å². The highest BCUT2D eigenvalue weighted by molar-refractivity contribution is 14.0. The van der Waals surface area contributed by atoms with Gasteiger partial charge < -0.3 is 20.1 Å². The highest BCUT2D eigenvalue weighted by Crippen LogP contribution is 2.34. The Hall–Kier alpha value is -0.570. The van der Waals surface area contributed by atoms with Crippen LogP contribution in [-0.2, 0) is 14.3 Å². The number of unbranched alkanes of at least 4 members (excludes halogenated alkanes) is 3. The molecule has 2 aliphatic heterocycles. The number of carbonyl (C=O) groups excluding carboxylic acids is 1. The SMILES string of the molecule is CCNC(=NCCCCCCC(=O)OCC)NC1CC2CCC1O2.I. The second-order valence-corrected chi connectivity index (χ2v) is 6.59. The molecule has 6 nitrogen and oxygen atoms in total. The molecular weight excluding hydrogens is 433 g/mol. The summed E-state index contributed by atoms with van der Waals surface area (Å²) >= 11 is 0. The summed E-state index contributed by atoms with van der Waals surface area (Å²) < 4.78 is 10.8. The maximum Gasteiger partial charge on any atom is 0.305 e. The number of fused-ring (bicyclic) bond motifs is 2. The summed E-state index contributed by atoms with van der Waals surface area (Å²) in [4.78, 5) is 15.9. The first-order valence-corrected chi connectivity index (χ1v) is 9.58. The van der Waals surface area contributed by atoms with Crippen LogP contribution in [0.25, 0.3) is 0 Å². The average Bonchev–Trinajstić information content (AvgIpc) is 3.17. The van der Waals surface area contributed by atoms with Crippen LogP contribution in [-0.4, -0.2) is 49.9 Å². The lowest BCUT2D eigenvalue weighted by Gasteiger charge is -2.22. The van der Waals surface area contributed by atoms with Crippen LogP contribution in [0.4, 0.5) is 0 Å². The first kappa shape index (κ1) is 22.5. The van der Waals surface area contributed by atoms with E-state index < -0.39 is 0 Å². The Labute approximate surface area is 168 Å². The van der Waals surface area contributed by atoms with Crippen LogP contribution >= 0.6 is 24.0 Å². The number of hydrogen-bond donors (Lipinski definition) is 2. The number of nitrogens with zero attached hydrogens (tertiary/aromatic N) is 1. The average molecular weight is 467 g/mol. The molecule has 7 heteroatoms. The Kier molecular flexibility index (Phi) is 11.4. The largest absolute Gasteiger partial charge is 0.466 e. The van der Waals surface area contributed by atoms with Crippen LogP contribution in [0.2, 0.25) is 0 Å². The summed E-state index contributed by atoms with van der Waals surface area (Å²) in [7, 11) is 0. The summed E-state index contributed by atoms with van der Waals surface area (Å²) in [6.45, 7) is 6.09. The zero-order valence-corrected chi connectivity index (χ0v) is 17.9. The van der Waals surface area contributed by atoms with Gasteiger partial charge in [-0.1, -0.05) is 12.8 Å². The van der Waals surface area contributed by atoms with E-state index in [1.807, 2.05) is 6.92 Å². The van der Waals surface area contributed by atoms with Gasteiger partial charge in [-0.2, -0.15) is 0 Å².